The second-order valence-electron chi connectivity index (χ2n) is 2.21. The first-order chi connectivity index (χ1) is 4.88. The van der Waals surface area contributed by atoms with E-state index in [0.29, 0.717) is 0 Å². The number of hydrogen-bond donors (Lipinski definition) is 0. The molecule has 0 amide bonds. The fourth-order valence-corrected chi connectivity index (χ4v) is 1.54. The number of halogens is 1. The molecule has 1 aromatic heterocycles. The Labute approximate surface area is 74.8 Å². The standard InChI is InChI=1S/C7H11IN2/c1-2-3-10-6-9-5-7(10)4-8/h5-6H,2-4H2,1H3. The van der Waals surface area contributed by atoms with Crippen LogP contribution in [0.15, 0.2) is 12.5 Å². The van der Waals surface area contributed by atoms with E-state index in [1.165, 1.54) is 12.1 Å². The van der Waals surface area contributed by atoms with Crippen molar-refractivity contribution in [2.45, 2.75) is 24.3 Å². The van der Waals surface area contributed by atoms with Crippen LogP contribution in [0.25, 0.3) is 0 Å². The lowest BCUT2D eigenvalue weighted by molar-refractivity contribution is 0.661. The van der Waals surface area contributed by atoms with Crippen LogP contribution in [0.1, 0.15) is 19.0 Å². The van der Waals surface area contributed by atoms with Gasteiger partial charge < -0.3 is 4.57 Å². The first-order valence-corrected chi connectivity index (χ1v) is 4.96. The molecule has 0 spiro atoms. The zero-order valence-corrected chi connectivity index (χ0v) is 8.21. The molecule has 0 atom stereocenters. The molecule has 2 nitrogen and oxygen atoms in total. The number of imidazole rings is 1. The van der Waals surface area contributed by atoms with Gasteiger partial charge in [0, 0.05) is 22.9 Å². The summed E-state index contributed by atoms with van der Waals surface area (Å²) >= 11 is 2.35. The highest BCUT2D eigenvalue weighted by Gasteiger charge is 1.96. The Hall–Kier alpha value is -0.0600. The molecule has 0 N–H and O–H groups in total. The van der Waals surface area contributed by atoms with Crippen molar-refractivity contribution in [2.24, 2.45) is 0 Å². The third kappa shape index (κ3) is 1.71. The van der Waals surface area contributed by atoms with E-state index in [0.717, 1.165) is 11.0 Å². The largest absolute Gasteiger partial charge is 0.334 e. The maximum absolute atomic E-state index is 4.07. The van der Waals surface area contributed by atoms with Crippen LogP contribution in [0, 0.1) is 0 Å². The van der Waals surface area contributed by atoms with Gasteiger partial charge in [-0.1, -0.05) is 29.5 Å². The SMILES string of the molecule is CCCn1cncc1CI. The van der Waals surface area contributed by atoms with Gasteiger partial charge in [0.2, 0.25) is 0 Å². The minimum atomic E-state index is 1.05. The Morgan fingerprint density at radius 1 is 1.70 bits per heavy atom. The molecule has 0 aliphatic rings. The van der Waals surface area contributed by atoms with Crippen LogP contribution in [-0.4, -0.2) is 9.55 Å². The Bertz CT molecular complexity index is 195. The van der Waals surface area contributed by atoms with E-state index in [-0.39, 0.29) is 0 Å². The molecular weight excluding hydrogens is 239 g/mol. The highest BCUT2D eigenvalue weighted by molar-refractivity contribution is 14.1. The number of aryl methyl sites for hydroxylation is 1. The van der Waals surface area contributed by atoms with E-state index in [4.69, 9.17) is 0 Å². The van der Waals surface area contributed by atoms with Gasteiger partial charge in [0.15, 0.2) is 0 Å². The lowest BCUT2D eigenvalue weighted by Crippen LogP contribution is -1.98. The summed E-state index contributed by atoms with van der Waals surface area (Å²) in [6.07, 6.45) is 5.01. The maximum Gasteiger partial charge on any atom is 0.0948 e. The lowest BCUT2D eigenvalue weighted by atomic mass is 10.4. The summed E-state index contributed by atoms with van der Waals surface area (Å²) < 4.78 is 3.25. The Morgan fingerprint density at radius 2 is 2.50 bits per heavy atom. The van der Waals surface area contributed by atoms with Gasteiger partial charge in [0.05, 0.1) is 6.33 Å². The molecule has 56 valence electrons. The van der Waals surface area contributed by atoms with Crippen LogP contribution >= 0.6 is 22.6 Å². The smallest absolute Gasteiger partial charge is 0.0948 e. The molecule has 0 radical (unpaired) electrons. The first kappa shape index (κ1) is 8.04. The van der Waals surface area contributed by atoms with E-state index in [1.807, 2.05) is 12.5 Å². The van der Waals surface area contributed by atoms with Gasteiger partial charge in [0.1, 0.15) is 0 Å². The predicted octanol–water partition coefficient (Wildman–Crippen LogP) is 2.23. The zero-order chi connectivity index (χ0) is 7.40. The Kier molecular flexibility index (Phi) is 3.18. The van der Waals surface area contributed by atoms with Crippen molar-refractivity contribution in [3.63, 3.8) is 0 Å². The summed E-state index contributed by atoms with van der Waals surface area (Å²) in [7, 11) is 0. The minimum Gasteiger partial charge on any atom is -0.334 e. The summed E-state index contributed by atoms with van der Waals surface area (Å²) in [4.78, 5) is 4.07. The van der Waals surface area contributed by atoms with Crippen LogP contribution < -0.4 is 0 Å². The van der Waals surface area contributed by atoms with Crippen molar-refractivity contribution in [2.75, 3.05) is 0 Å². The second-order valence-corrected chi connectivity index (χ2v) is 2.97. The number of aromatic nitrogens is 2. The summed E-state index contributed by atoms with van der Waals surface area (Å²) in [5, 5.41) is 0. The Balaban J connectivity index is 2.70. The summed E-state index contributed by atoms with van der Waals surface area (Å²) in [5.74, 6) is 0. The lowest BCUT2D eigenvalue weighted by Gasteiger charge is -2.01. The quantitative estimate of drug-likeness (QED) is 0.594. The summed E-state index contributed by atoms with van der Waals surface area (Å²) in [6, 6.07) is 0. The van der Waals surface area contributed by atoms with E-state index >= 15 is 0 Å². The van der Waals surface area contributed by atoms with Crippen molar-refractivity contribution in [1.29, 1.82) is 0 Å². The normalized spacial score (nSPS) is 10.2. The van der Waals surface area contributed by atoms with Gasteiger partial charge >= 0.3 is 0 Å². The molecule has 3 heteroatoms. The predicted molar refractivity (Wildman–Crippen MR) is 50.2 cm³/mol. The average Bonchev–Trinajstić information content (AvgIpc) is 2.36. The third-order valence-corrected chi connectivity index (χ3v) is 2.18. The van der Waals surface area contributed by atoms with Gasteiger partial charge in [-0.3, -0.25) is 0 Å². The van der Waals surface area contributed by atoms with Crippen molar-refractivity contribution >= 4 is 22.6 Å². The molecule has 1 heterocycles. The van der Waals surface area contributed by atoms with Gasteiger partial charge in [-0.05, 0) is 6.42 Å². The topological polar surface area (TPSA) is 17.8 Å². The van der Waals surface area contributed by atoms with Crippen molar-refractivity contribution in [1.82, 2.24) is 9.55 Å². The van der Waals surface area contributed by atoms with E-state index in [9.17, 15) is 0 Å². The zero-order valence-electron chi connectivity index (χ0n) is 6.05. The van der Waals surface area contributed by atoms with E-state index in [2.05, 4.69) is 39.1 Å². The van der Waals surface area contributed by atoms with Gasteiger partial charge in [-0.25, -0.2) is 4.98 Å². The van der Waals surface area contributed by atoms with Gasteiger partial charge in [-0.15, -0.1) is 0 Å². The van der Waals surface area contributed by atoms with Crippen molar-refractivity contribution in [3.8, 4) is 0 Å². The fraction of sp³-hybridized carbons (Fsp3) is 0.571. The Morgan fingerprint density at radius 3 is 3.10 bits per heavy atom. The number of hydrogen-bond acceptors (Lipinski definition) is 1. The minimum absolute atomic E-state index is 1.05. The number of nitrogens with zero attached hydrogens (tertiary/aromatic N) is 2. The first-order valence-electron chi connectivity index (χ1n) is 3.43. The van der Waals surface area contributed by atoms with Crippen molar-refractivity contribution in [3.05, 3.63) is 18.2 Å². The van der Waals surface area contributed by atoms with Crippen LogP contribution in [-0.2, 0) is 11.0 Å². The summed E-state index contributed by atoms with van der Waals surface area (Å²) in [5.41, 5.74) is 1.32. The third-order valence-electron chi connectivity index (χ3n) is 1.40. The van der Waals surface area contributed by atoms with Crippen LogP contribution in [0.4, 0.5) is 0 Å². The monoisotopic (exact) mass is 250 g/mol. The molecule has 1 rings (SSSR count). The van der Waals surface area contributed by atoms with Gasteiger partial charge in [0.25, 0.3) is 0 Å². The van der Waals surface area contributed by atoms with Crippen molar-refractivity contribution < 1.29 is 0 Å². The highest BCUT2D eigenvalue weighted by Crippen LogP contribution is 2.05. The molecular formula is C7H11IN2. The molecule has 0 saturated carbocycles. The molecule has 1 aromatic rings. The molecule has 0 unspecified atom stereocenters. The molecule has 0 aromatic carbocycles. The molecule has 0 aliphatic heterocycles. The number of alkyl halides is 1. The number of rotatable bonds is 3. The van der Waals surface area contributed by atoms with Crippen LogP contribution in [0.2, 0.25) is 0 Å². The highest BCUT2D eigenvalue weighted by atomic mass is 127. The van der Waals surface area contributed by atoms with E-state index in [1.54, 1.807) is 0 Å². The molecule has 0 saturated heterocycles. The maximum atomic E-state index is 4.07. The molecule has 0 aliphatic carbocycles. The van der Waals surface area contributed by atoms with Gasteiger partial charge in [-0.2, -0.15) is 0 Å². The molecule has 0 bridgehead atoms. The fourth-order valence-electron chi connectivity index (χ4n) is 0.902. The molecule has 0 fully saturated rings. The second kappa shape index (κ2) is 3.95. The van der Waals surface area contributed by atoms with Crippen LogP contribution in [0.5, 0.6) is 0 Å². The molecule has 10 heavy (non-hydrogen) atoms. The van der Waals surface area contributed by atoms with Crippen LogP contribution in [0.3, 0.4) is 0 Å². The average molecular weight is 250 g/mol. The van der Waals surface area contributed by atoms with E-state index < -0.39 is 0 Å². The summed E-state index contributed by atoms with van der Waals surface area (Å²) in [6.45, 7) is 3.27.